The molecular formula is C22H26N6O. The van der Waals surface area contributed by atoms with Crippen molar-refractivity contribution in [2.45, 2.75) is 38.6 Å². The van der Waals surface area contributed by atoms with Crippen LogP contribution in [0.25, 0.3) is 0 Å². The summed E-state index contributed by atoms with van der Waals surface area (Å²) >= 11 is 0. The summed E-state index contributed by atoms with van der Waals surface area (Å²) in [4.78, 5) is 22.7. The molecule has 0 aromatic carbocycles. The van der Waals surface area contributed by atoms with Gasteiger partial charge in [0.05, 0.1) is 5.56 Å². The van der Waals surface area contributed by atoms with E-state index in [4.69, 9.17) is 5.26 Å². The molecule has 1 aliphatic rings. The fourth-order valence-corrected chi connectivity index (χ4v) is 3.29. The third-order valence-corrected chi connectivity index (χ3v) is 5.12. The molecule has 0 atom stereocenters. The van der Waals surface area contributed by atoms with E-state index in [1.165, 1.54) is 5.56 Å². The number of nitrogens with one attached hydrogen (secondary N) is 2. The van der Waals surface area contributed by atoms with Crippen LogP contribution >= 0.6 is 0 Å². The number of hydrogen-bond donors (Lipinski definition) is 2. The van der Waals surface area contributed by atoms with Crippen LogP contribution in [0, 0.1) is 11.3 Å². The van der Waals surface area contributed by atoms with E-state index in [9.17, 15) is 4.79 Å². The minimum atomic E-state index is -0.0392. The number of carbonyl (C=O) groups is 1. The Morgan fingerprint density at radius 1 is 1.34 bits per heavy atom. The maximum absolute atomic E-state index is 12.2. The van der Waals surface area contributed by atoms with Gasteiger partial charge in [0.25, 0.3) is 0 Å². The Balaban J connectivity index is 1.49. The molecule has 150 valence electrons. The highest BCUT2D eigenvalue weighted by atomic mass is 16.1. The number of pyridine rings is 2. The molecule has 1 saturated carbocycles. The van der Waals surface area contributed by atoms with Crippen molar-refractivity contribution in [3.63, 3.8) is 0 Å². The van der Waals surface area contributed by atoms with Gasteiger partial charge in [-0.25, -0.2) is 4.98 Å². The van der Waals surface area contributed by atoms with E-state index in [1.54, 1.807) is 30.7 Å². The number of rotatable bonds is 9. The maximum atomic E-state index is 12.2. The lowest BCUT2D eigenvalue weighted by molar-refractivity contribution is -0.120. The van der Waals surface area contributed by atoms with Crippen molar-refractivity contribution in [2.75, 3.05) is 18.0 Å². The summed E-state index contributed by atoms with van der Waals surface area (Å²) in [6.07, 6.45) is 9.46. The molecular weight excluding hydrogens is 364 g/mol. The van der Waals surface area contributed by atoms with Gasteiger partial charge in [-0.05, 0) is 50.5 Å². The smallest absolute Gasteiger partial charge is 0.225 e. The van der Waals surface area contributed by atoms with Gasteiger partial charge in [0, 0.05) is 55.5 Å². The van der Waals surface area contributed by atoms with Crippen LogP contribution < -0.4 is 15.5 Å². The third-order valence-electron chi connectivity index (χ3n) is 5.12. The predicted octanol–water partition coefficient (Wildman–Crippen LogP) is 2.82. The highest BCUT2D eigenvalue weighted by Gasteiger charge is 2.43. The number of nitrogens with zero attached hydrogens (tertiary/aromatic N) is 4. The first-order chi connectivity index (χ1) is 14.1. The molecule has 1 fully saturated rings. The number of allylic oxidation sites excluding steroid dienone is 1. The molecule has 0 bridgehead atoms. The van der Waals surface area contributed by atoms with E-state index >= 15 is 0 Å². The fourth-order valence-electron chi connectivity index (χ4n) is 3.29. The number of anilines is 1. The van der Waals surface area contributed by atoms with E-state index in [1.807, 2.05) is 31.0 Å². The SMILES string of the molecule is CCN(/C(C)=C/NC(=O)CCNC1(c2cccnc2)CC1)c1ccc(C#N)cn1. The van der Waals surface area contributed by atoms with Crippen LogP contribution in [0.3, 0.4) is 0 Å². The molecule has 0 radical (unpaired) electrons. The quantitative estimate of drug-likeness (QED) is 0.684. The Bertz CT molecular complexity index is 897. The van der Waals surface area contributed by atoms with E-state index in [-0.39, 0.29) is 11.4 Å². The largest absolute Gasteiger partial charge is 0.331 e. The van der Waals surface area contributed by atoms with E-state index in [2.05, 4.69) is 32.7 Å². The van der Waals surface area contributed by atoms with E-state index in [0.29, 0.717) is 25.1 Å². The highest BCUT2D eigenvalue weighted by molar-refractivity contribution is 5.77. The van der Waals surface area contributed by atoms with Crippen molar-refractivity contribution < 1.29 is 4.79 Å². The molecule has 1 amide bonds. The van der Waals surface area contributed by atoms with Crippen molar-refractivity contribution in [3.8, 4) is 6.07 Å². The molecule has 7 nitrogen and oxygen atoms in total. The Morgan fingerprint density at radius 3 is 2.76 bits per heavy atom. The first-order valence-electron chi connectivity index (χ1n) is 9.83. The summed E-state index contributed by atoms with van der Waals surface area (Å²) in [5.41, 5.74) is 2.57. The minimum absolute atomic E-state index is 0.0133. The number of hydrogen-bond acceptors (Lipinski definition) is 6. The normalized spacial score (nSPS) is 14.7. The Morgan fingerprint density at radius 2 is 2.17 bits per heavy atom. The van der Waals surface area contributed by atoms with Gasteiger partial charge in [-0.1, -0.05) is 6.07 Å². The van der Waals surface area contributed by atoms with Crippen molar-refractivity contribution in [1.82, 2.24) is 20.6 Å². The fraction of sp³-hybridized carbons (Fsp3) is 0.364. The molecule has 0 saturated heterocycles. The Hall–Kier alpha value is -3.24. The van der Waals surface area contributed by atoms with Crippen LogP contribution in [-0.4, -0.2) is 29.0 Å². The van der Waals surface area contributed by atoms with Gasteiger partial charge in [0.15, 0.2) is 0 Å². The minimum Gasteiger partial charge on any atom is -0.331 e. The first kappa shape index (κ1) is 20.5. The average molecular weight is 390 g/mol. The second-order valence-electron chi connectivity index (χ2n) is 7.11. The molecule has 2 heterocycles. The van der Waals surface area contributed by atoms with Crippen LogP contribution in [-0.2, 0) is 10.3 Å². The monoisotopic (exact) mass is 390 g/mol. The van der Waals surface area contributed by atoms with Crippen molar-refractivity contribution in [3.05, 3.63) is 65.9 Å². The van der Waals surface area contributed by atoms with Crippen LogP contribution in [0.2, 0.25) is 0 Å². The standard InChI is InChI=1S/C22H26N6O/c1-3-28(20-7-6-18(13-23)15-25-20)17(2)14-26-21(29)8-12-27-22(9-10-22)19-5-4-11-24-16-19/h4-7,11,14-16,27H,3,8-10,12H2,1-2H3,(H,26,29)/b17-14+. The molecule has 29 heavy (non-hydrogen) atoms. The lowest BCUT2D eigenvalue weighted by Gasteiger charge is -2.22. The van der Waals surface area contributed by atoms with Crippen LogP contribution in [0.1, 0.15) is 44.2 Å². The lowest BCUT2D eigenvalue weighted by Crippen LogP contribution is -2.33. The van der Waals surface area contributed by atoms with Crippen LogP contribution in [0.5, 0.6) is 0 Å². The summed E-state index contributed by atoms with van der Waals surface area (Å²) in [5, 5.41) is 15.3. The summed E-state index contributed by atoms with van der Waals surface area (Å²) in [7, 11) is 0. The van der Waals surface area contributed by atoms with E-state index in [0.717, 1.165) is 24.4 Å². The maximum Gasteiger partial charge on any atom is 0.225 e. The summed E-state index contributed by atoms with van der Waals surface area (Å²) < 4.78 is 0. The highest BCUT2D eigenvalue weighted by Crippen LogP contribution is 2.44. The van der Waals surface area contributed by atoms with Gasteiger partial charge in [0.2, 0.25) is 5.91 Å². The number of amides is 1. The molecule has 2 aromatic heterocycles. The van der Waals surface area contributed by atoms with Gasteiger partial charge in [0.1, 0.15) is 11.9 Å². The van der Waals surface area contributed by atoms with Crippen LogP contribution in [0.15, 0.2) is 54.8 Å². The van der Waals surface area contributed by atoms with Crippen molar-refractivity contribution in [1.29, 1.82) is 5.26 Å². The first-order valence-corrected chi connectivity index (χ1v) is 9.83. The average Bonchev–Trinajstić information content (AvgIpc) is 3.55. The number of carbonyl (C=O) groups excluding carboxylic acids is 1. The Kier molecular flexibility index (Phi) is 6.57. The molecule has 2 aromatic rings. The molecule has 7 heteroatoms. The second kappa shape index (κ2) is 9.30. The zero-order valence-electron chi connectivity index (χ0n) is 16.9. The molecule has 3 rings (SSSR count). The second-order valence-corrected chi connectivity index (χ2v) is 7.11. The predicted molar refractivity (Wildman–Crippen MR) is 112 cm³/mol. The zero-order valence-corrected chi connectivity index (χ0v) is 16.9. The lowest BCUT2D eigenvalue weighted by atomic mass is 10.1. The summed E-state index contributed by atoms with van der Waals surface area (Å²) in [6, 6.07) is 9.63. The van der Waals surface area contributed by atoms with E-state index < -0.39 is 0 Å². The molecule has 0 aliphatic heterocycles. The molecule has 0 spiro atoms. The van der Waals surface area contributed by atoms with Gasteiger partial charge in [-0.15, -0.1) is 0 Å². The molecule has 2 N–H and O–H groups in total. The summed E-state index contributed by atoms with van der Waals surface area (Å²) in [6.45, 7) is 5.24. The van der Waals surface area contributed by atoms with Gasteiger partial charge < -0.3 is 15.5 Å². The third kappa shape index (κ3) is 5.18. The van der Waals surface area contributed by atoms with Crippen molar-refractivity contribution in [2.24, 2.45) is 0 Å². The zero-order chi connectivity index (χ0) is 20.7. The van der Waals surface area contributed by atoms with Crippen molar-refractivity contribution >= 4 is 11.7 Å². The Labute approximate surface area is 171 Å². The number of aromatic nitrogens is 2. The van der Waals surface area contributed by atoms with Gasteiger partial charge >= 0.3 is 0 Å². The van der Waals surface area contributed by atoms with Gasteiger partial charge in [-0.2, -0.15) is 5.26 Å². The topological polar surface area (TPSA) is 93.9 Å². The van der Waals surface area contributed by atoms with Crippen LogP contribution in [0.4, 0.5) is 5.82 Å². The number of nitriles is 1. The van der Waals surface area contributed by atoms with Gasteiger partial charge in [-0.3, -0.25) is 9.78 Å². The molecule has 1 aliphatic carbocycles. The molecule has 0 unspecified atom stereocenters. The summed E-state index contributed by atoms with van der Waals surface area (Å²) in [5.74, 6) is 0.700.